The van der Waals surface area contributed by atoms with Crippen LogP contribution in [-0.4, -0.2) is 37.2 Å². The van der Waals surface area contributed by atoms with Crippen LogP contribution in [0.25, 0.3) is 0 Å². The van der Waals surface area contributed by atoms with Gasteiger partial charge in [0.15, 0.2) is 6.10 Å². The lowest BCUT2D eigenvalue weighted by Crippen LogP contribution is -2.30. The second-order valence-electron chi connectivity index (χ2n) is 16.6. The Hall–Kier alpha value is -5.49. The highest BCUT2D eigenvalue weighted by atomic mass is 16.6. The minimum Gasteiger partial charge on any atom is -0.462 e. The Kier molecular flexibility index (Phi) is 50.7. The molecule has 6 nitrogen and oxygen atoms in total. The van der Waals surface area contributed by atoms with E-state index in [0.29, 0.717) is 19.3 Å². The summed E-state index contributed by atoms with van der Waals surface area (Å²) in [6.07, 6.45) is 83.0. The number of rotatable bonds is 44. The van der Waals surface area contributed by atoms with Gasteiger partial charge >= 0.3 is 17.9 Å². The molecule has 69 heavy (non-hydrogen) atoms. The van der Waals surface area contributed by atoms with Gasteiger partial charge in [-0.25, -0.2) is 0 Å². The van der Waals surface area contributed by atoms with Gasteiger partial charge in [-0.3, -0.25) is 14.4 Å². The minimum atomic E-state index is -0.853. The van der Waals surface area contributed by atoms with Gasteiger partial charge in [-0.15, -0.1) is 0 Å². The Morgan fingerprint density at radius 2 is 0.667 bits per heavy atom. The Morgan fingerprint density at radius 3 is 1.13 bits per heavy atom. The molecule has 0 amide bonds. The van der Waals surface area contributed by atoms with Gasteiger partial charge in [-0.1, -0.05) is 242 Å². The molecule has 0 spiro atoms. The van der Waals surface area contributed by atoms with E-state index in [0.717, 1.165) is 103 Å². The molecule has 6 heteroatoms. The smallest absolute Gasteiger partial charge is 0.306 e. The van der Waals surface area contributed by atoms with Crippen LogP contribution in [0.5, 0.6) is 0 Å². The predicted molar refractivity (Wildman–Crippen MR) is 297 cm³/mol. The molecule has 0 saturated carbocycles. The Labute approximate surface area is 421 Å². The third-order valence-electron chi connectivity index (χ3n) is 10.1. The van der Waals surface area contributed by atoms with Crippen molar-refractivity contribution in [3.63, 3.8) is 0 Å². The monoisotopic (exact) mass is 945 g/mol. The first-order chi connectivity index (χ1) is 34.0. The van der Waals surface area contributed by atoms with E-state index in [-0.39, 0.29) is 44.0 Å². The fraction of sp³-hybridized carbons (Fsp3) is 0.476. The van der Waals surface area contributed by atoms with E-state index in [1.165, 1.54) is 19.3 Å². The van der Waals surface area contributed by atoms with E-state index < -0.39 is 6.10 Å². The SMILES string of the molecule is CC\C=C/C=C\C=C/C=C\C=C\C=C/CCCCCC(=O)OC(COC(=O)CC/C=C\C/C=C\C/C=C\C/C=C\C/C=C\CC)COC(=O)CCCCCCC\C=C/C=C\C=C/C=C\CCCCC. The molecule has 0 aliphatic carbocycles. The van der Waals surface area contributed by atoms with E-state index in [4.69, 9.17) is 14.2 Å². The second kappa shape index (κ2) is 55.1. The lowest BCUT2D eigenvalue weighted by molar-refractivity contribution is -0.166. The topological polar surface area (TPSA) is 78.9 Å². The number of ether oxygens (including phenoxy) is 3. The third kappa shape index (κ3) is 53.3. The van der Waals surface area contributed by atoms with Gasteiger partial charge in [0.05, 0.1) is 0 Å². The summed E-state index contributed by atoms with van der Waals surface area (Å²) in [6, 6.07) is 0. The van der Waals surface area contributed by atoms with Crippen molar-refractivity contribution in [2.24, 2.45) is 0 Å². The molecule has 0 fully saturated rings. The molecule has 0 aliphatic rings. The van der Waals surface area contributed by atoms with Crippen LogP contribution < -0.4 is 0 Å². The van der Waals surface area contributed by atoms with E-state index in [2.05, 4.69) is 130 Å². The van der Waals surface area contributed by atoms with Crippen molar-refractivity contribution < 1.29 is 28.6 Å². The number of allylic oxidation sites excluding steroid dienone is 30. The standard InChI is InChI=1S/C63H92O6/c1-4-7-10-13-16-19-22-25-28-31-33-35-38-41-44-47-50-53-56-62(65)68-59-60(58-67-61(64)55-52-49-46-43-40-37-34-30-27-24-21-18-15-12-9-6-3)69-63(66)57-54-51-48-45-42-39-36-32-29-26-23-20-17-14-11-8-5-2/h8-9,11-12,14,16-23,25-33,35-37,39-40,42,46,49,60H,4-7,10,13,15,24,34,38,41,43-45,47-48,50-59H2,1-3H3/b11-8-,12-9-,17-14-,19-16-,21-18-,23-20-,25-22-,29-26-,30-27-,31-28-,35-33-,36-32+,40-37-,42-39-,49-46-. The lowest BCUT2D eigenvalue weighted by Gasteiger charge is -2.18. The van der Waals surface area contributed by atoms with Gasteiger partial charge in [-0.2, -0.15) is 0 Å². The normalized spacial score (nSPS) is 13.6. The van der Waals surface area contributed by atoms with Crippen LogP contribution in [0.4, 0.5) is 0 Å². The van der Waals surface area contributed by atoms with Crippen LogP contribution in [-0.2, 0) is 28.6 Å². The first-order valence-electron chi connectivity index (χ1n) is 26.4. The van der Waals surface area contributed by atoms with Crippen LogP contribution in [0, 0.1) is 0 Å². The average Bonchev–Trinajstić information content (AvgIpc) is 3.35. The molecule has 0 bridgehead atoms. The van der Waals surface area contributed by atoms with Crippen LogP contribution in [0.1, 0.15) is 175 Å². The zero-order valence-electron chi connectivity index (χ0n) is 43.2. The van der Waals surface area contributed by atoms with E-state index in [1.807, 2.05) is 72.9 Å². The number of carbonyl (C=O) groups excluding carboxylic acids is 3. The van der Waals surface area contributed by atoms with Crippen molar-refractivity contribution in [1.29, 1.82) is 0 Å². The maximum atomic E-state index is 12.8. The molecule has 0 heterocycles. The maximum absolute atomic E-state index is 12.8. The number of unbranched alkanes of at least 4 members (excludes halogenated alkanes) is 11. The van der Waals surface area contributed by atoms with E-state index >= 15 is 0 Å². The minimum absolute atomic E-state index is 0.142. The van der Waals surface area contributed by atoms with Gasteiger partial charge in [0.2, 0.25) is 0 Å². The first kappa shape index (κ1) is 63.5. The van der Waals surface area contributed by atoms with Gasteiger partial charge in [-0.05, 0) is 96.3 Å². The fourth-order valence-corrected chi connectivity index (χ4v) is 6.24. The highest BCUT2D eigenvalue weighted by molar-refractivity contribution is 5.71. The molecule has 0 rings (SSSR count). The highest BCUT2D eigenvalue weighted by Gasteiger charge is 2.19. The van der Waals surface area contributed by atoms with Gasteiger partial charge in [0.1, 0.15) is 13.2 Å². The first-order valence-corrected chi connectivity index (χ1v) is 26.4. The molecule has 1 unspecified atom stereocenters. The number of hydrogen-bond donors (Lipinski definition) is 0. The highest BCUT2D eigenvalue weighted by Crippen LogP contribution is 2.11. The van der Waals surface area contributed by atoms with Crippen LogP contribution >= 0.6 is 0 Å². The predicted octanol–water partition coefficient (Wildman–Crippen LogP) is 17.7. The molecule has 0 radical (unpaired) electrons. The maximum Gasteiger partial charge on any atom is 0.306 e. The Morgan fingerprint density at radius 1 is 0.319 bits per heavy atom. The molecule has 0 aliphatic heterocycles. The van der Waals surface area contributed by atoms with Gasteiger partial charge in [0.25, 0.3) is 0 Å². The van der Waals surface area contributed by atoms with Crippen LogP contribution in [0.3, 0.4) is 0 Å². The van der Waals surface area contributed by atoms with Crippen molar-refractivity contribution in [1.82, 2.24) is 0 Å². The van der Waals surface area contributed by atoms with Crippen LogP contribution in [0.2, 0.25) is 0 Å². The zero-order chi connectivity index (χ0) is 50.0. The van der Waals surface area contributed by atoms with Crippen molar-refractivity contribution in [2.45, 2.75) is 181 Å². The van der Waals surface area contributed by atoms with Crippen molar-refractivity contribution in [3.8, 4) is 0 Å². The molecular formula is C63H92O6. The van der Waals surface area contributed by atoms with E-state index in [9.17, 15) is 14.4 Å². The number of carbonyl (C=O) groups is 3. The molecule has 0 aromatic carbocycles. The summed E-state index contributed by atoms with van der Waals surface area (Å²) in [5.41, 5.74) is 0. The fourth-order valence-electron chi connectivity index (χ4n) is 6.24. The van der Waals surface area contributed by atoms with Gasteiger partial charge in [0, 0.05) is 19.3 Å². The Balaban J connectivity index is 4.69. The summed E-state index contributed by atoms with van der Waals surface area (Å²) in [4.78, 5) is 38.0. The van der Waals surface area contributed by atoms with E-state index in [1.54, 1.807) is 0 Å². The summed E-state index contributed by atoms with van der Waals surface area (Å²) < 4.78 is 16.7. The Bertz CT molecular complexity index is 1700. The summed E-state index contributed by atoms with van der Waals surface area (Å²) >= 11 is 0. The largest absolute Gasteiger partial charge is 0.462 e. The molecule has 0 aromatic rings. The van der Waals surface area contributed by atoms with Crippen molar-refractivity contribution in [3.05, 3.63) is 182 Å². The molecule has 0 N–H and O–H groups in total. The summed E-state index contributed by atoms with van der Waals surface area (Å²) in [6.45, 7) is 6.18. The lowest BCUT2D eigenvalue weighted by atomic mass is 10.1. The number of esters is 3. The molecular weight excluding hydrogens is 853 g/mol. The molecule has 1 atom stereocenters. The zero-order valence-corrected chi connectivity index (χ0v) is 43.2. The summed E-state index contributed by atoms with van der Waals surface area (Å²) in [5, 5.41) is 0. The average molecular weight is 945 g/mol. The van der Waals surface area contributed by atoms with Crippen molar-refractivity contribution >= 4 is 17.9 Å². The van der Waals surface area contributed by atoms with Crippen molar-refractivity contribution in [2.75, 3.05) is 13.2 Å². The summed E-state index contributed by atoms with van der Waals surface area (Å²) in [5.74, 6) is -1.11. The molecule has 0 aromatic heterocycles. The van der Waals surface area contributed by atoms with Crippen LogP contribution in [0.15, 0.2) is 182 Å². The molecule has 380 valence electrons. The number of hydrogen-bond acceptors (Lipinski definition) is 6. The quantitative estimate of drug-likeness (QED) is 0.0199. The summed E-state index contributed by atoms with van der Waals surface area (Å²) in [7, 11) is 0. The molecule has 0 saturated heterocycles. The second-order valence-corrected chi connectivity index (χ2v) is 16.6. The van der Waals surface area contributed by atoms with Gasteiger partial charge < -0.3 is 14.2 Å². The third-order valence-corrected chi connectivity index (χ3v) is 10.1.